The number of sulfonamides is 1. The van der Waals surface area contributed by atoms with Crippen molar-refractivity contribution in [3.63, 3.8) is 0 Å². The Hall–Kier alpha value is -2.34. The second-order valence-electron chi connectivity index (χ2n) is 6.79. The summed E-state index contributed by atoms with van der Waals surface area (Å²) in [5, 5.41) is 2.99. The molecule has 0 heterocycles. The average Bonchev–Trinajstić information content (AvgIpc) is 2.53. The van der Waals surface area contributed by atoms with E-state index in [1.165, 1.54) is 16.9 Å². The van der Waals surface area contributed by atoms with E-state index in [1.807, 2.05) is 39.8 Å². The van der Waals surface area contributed by atoms with Gasteiger partial charge in [0.2, 0.25) is 10.0 Å². The Morgan fingerprint density at radius 1 is 1.04 bits per heavy atom. The van der Waals surface area contributed by atoms with Gasteiger partial charge in [-0.2, -0.15) is 0 Å². The molecule has 26 heavy (non-hydrogen) atoms. The van der Waals surface area contributed by atoms with Gasteiger partial charge in [0, 0.05) is 12.6 Å². The van der Waals surface area contributed by atoms with E-state index in [9.17, 15) is 13.2 Å². The molecule has 0 aliphatic carbocycles. The molecule has 2 aromatic carbocycles. The summed E-state index contributed by atoms with van der Waals surface area (Å²) < 4.78 is 24.8. The number of amides is 1. The van der Waals surface area contributed by atoms with E-state index in [2.05, 4.69) is 11.4 Å². The van der Waals surface area contributed by atoms with Crippen LogP contribution in [0.2, 0.25) is 0 Å². The van der Waals surface area contributed by atoms with Crippen molar-refractivity contribution >= 4 is 21.6 Å². The van der Waals surface area contributed by atoms with Crippen LogP contribution in [0.3, 0.4) is 0 Å². The van der Waals surface area contributed by atoms with Crippen molar-refractivity contribution in [2.75, 3.05) is 17.6 Å². The first kappa shape index (κ1) is 20.0. The second kappa shape index (κ2) is 7.50. The van der Waals surface area contributed by atoms with Gasteiger partial charge in [0.15, 0.2) is 0 Å². The quantitative estimate of drug-likeness (QED) is 0.871. The summed E-state index contributed by atoms with van der Waals surface area (Å²) in [5.41, 5.74) is 5.08. The lowest BCUT2D eigenvalue weighted by Crippen LogP contribution is -2.28. The molecule has 1 atom stereocenters. The fourth-order valence-electron chi connectivity index (χ4n) is 2.94. The SMILES string of the molecule is Cc1ccc([C@@H](C)NC(=O)c2ccc(C)c(N(C)S(C)(=O)=O)c2)c(C)c1. The zero-order valence-electron chi connectivity index (χ0n) is 16.1. The topological polar surface area (TPSA) is 66.5 Å². The maximum atomic E-state index is 12.7. The summed E-state index contributed by atoms with van der Waals surface area (Å²) in [5.74, 6) is -0.236. The normalized spacial score (nSPS) is 12.5. The van der Waals surface area contributed by atoms with Crippen molar-refractivity contribution < 1.29 is 13.2 Å². The van der Waals surface area contributed by atoms with Crippen LogP contribution in [0.1, 0.15) is 45.6 Å². The molecular weight excluding hydrogens is 348 g/mol. The van der Waals surface area contributed by atoms with E-state index in [-0.39, 0.29) is 11.9 Å². The maximum Gasteiger partial charge on any atom is 0.251 e. The summed E-state index contributed by atoms with van der Waals surface area (Å²) >= 11 is 0. The molecule has 2 aromatic rings. The minimum absolute atomic E-state index is 0.152. The van der Waals surface area contributed by atoms with Crippen LogP contribution in [-0.4, -0.2) is 27.6 Å². The van der Waals surface area contributed by atoms with Crippen LogP contribution < -0.4 is 9.62 Å². The molecule has 2 rings (SSSR count). The largest absolute Gasteiger partial charge is 0.346 e. The van der Waals surface area contributed by atoms with E-state index in [0.717, 1.165) is 22.9 Å². The van der Waals surface area contributed by atoms with E-state index >= 15 is 0 Å². The smallest absolute Gasteiger partial charge is 0.251 e. The molecule has 0 aliphatic rings. The molecule has 5 nitrogen and oxygen atoms in total. The summed E-state index contributed by atoms with van der Waals surface area (Å²) in [6.45, 7) is 7.81. The molecule has 0 aliphatic heterocycles. The predicted molar refractivity (Wildman–Crippen MR) is 106 cm³/mol. The number of carbonyl (C=O) groups is 1. The van der Waals surface area contributed by atoms with Crippen molar-refractivity contribution in [3.05, 3.63) is 64.2 Å². The summed E-state index contributed by atoms with van der Waals surface area (Å²) in [6, 6.07) is 11.1. The molecular formula is C20H26N2O3S. The summed E-state index contributed by atoms with van der Waals surface area (Å²) in [6.07, 6.45) is 1.14. The summed E-state index contributed by atoms with van der Waals surface area (Å²) in [7, 11) is -1.91. The molecule has 0 saturated heterocycles. The van der Waals surface area contributed by atoms with Gasteiger partial charge < -0.3 is 5.32 Å². The number of carbonyl (C=O) groups excluding carboxylic acids is 1. The van der Waals surface area contributed by atoms with Gasteiger partial charge >= 0.3 is 0 Å². The third-order valence-electron chi connectivity index (χ3n) is 4.55. The molecule has 0 unspecified atom stereocenters. The number of hydrogen-bond donors (Lipinski definition) is 1. The molecule has 1 amide bonds. The molecule has 140 valence electrons. The van der Waals surface area contributed by atoms with Gasteiger partial charge in [0.25, 0.3) is 5.91 Å². The first-order valence-corrected chi connectivity index (χ1v) is 10.3. The number of benzene rings is 2. The molecule has 0 radical (unpaired) electrons. The van der Waals surface area contributed by atoms with Crippen molar-refractivity contribution in [1.29, 1.82) is 0 Å². The lowest BCUT2D eigenvalue weighted by molar-refractivity contribution is 0.0940. The second-order valence-corrected chi connectivity index (χ2v) is 8.80. The highest BCUT2D eigenvalue weighted by atomic mass is 32.2. The van der Waals surface area contributed by atoms with Crippen molar-refractivity contribution in [3.8, 4) is 0 Å². The van der Waals surface area contributed by atoms with Gasteiger partial charge in [-0.25, -0.2) is 8.42 Å². The summed E-state index contributed by atoms with van der Waals surface area (Å²) in [4.78, 5) is 12.7. The first-order chi connectivity index (χ1) is 12.0. The highest BCUT2D eigenvalue weighted by molar-refractivity contribution is 7.92. The minimum Gasteiger partial charge on any atom is -0.346 e. The molecule has 0 spiro atoms. The van der Waals surface area contributed by atoms with Crippen LogP contribution in [0.25, 0.3) is 0 Å². The first-order valence-electron chi connectivity index (χ1n) is 8.43. The predicted octanol–water partition coefficient (Wildman–Crippen LogP) is 3.50. The van der Waals surface area contributed by atoms with Gasteiger partial charge in [-0.05, 0) is 56.5 Å². The Bertz CT molecular complexity index is 936. The Morgan fingerprint density at radius 2 is 1.69 bits per heavy atom. The molecule has 6 heteroatoms. The number of aryl methyl sites for hydroxylation is 3. The van der Waals surface area contributed by atoms with Gasteiger partial charge in [0.05, 0.1) is 18.0 Å². The number of hydrogen-bond acceptors (Lipinski definition) is 3. The van der Waals surface area contributed by atoms with Crippen molar-refractivity contribution in [1.82, 2.24) is 5.32 Å². The monoisotopic (exact) mass is 374 g/mol. The van der Waals surface area contributed by atoms with E-state index in [0.29, 0.717) is 11.3 Å². The minimum atomic E-state index is -3.39. The Morgan fingerprint density at radius 3 is 2.27 bits per heavy atom. The maximum absolute atomic E-state index is 12.7. The van der Waals surface area contributed by atoms with Crippen molar-refractivity contribution in [2.24, 2.45) is 0 Å². The van der Waals surface area contributed by atoms with Crippen LogP contribution in [0.5, 0.6) is 0 Å². The van der Waals surface area contributed by atoms with Crippen LogP contribution in [0.4, 0.5) is 5.69 Å². The number of nitrogens with one attached hydrogen (secondary N) is 1. The van der Waals surface area contributed by atoms with Gasteiger partial charge in [-0.15, -0.1) is 0 Å². The van der Waals surface area contributed by atoms with Gasteiger partial charge in [-0.1, -0.05) is 29.8 Å². The van der Waals surface area contributed by atoms with Crippen LogP contribution in [-0.2, 0) is 10.0 Å². The molecule has 0 aromatic heterocycles. The average molecular weight is 375 g/mol. The zero-order chi connectivity index (χ0) is 19.6. The highest BCUT2D eigenvalue weighted by Crippen LogP contribution is 2.24. The lowest BCUT2D eigenvalue weighted by atomic mass is 10.00. The van der Waals surface area contributed by atoms with E-state index < -0.39 is 10.0 Å². The van der Waals surface area contributed by atoms with Crippen LogP contribution in [0, 0.1) is 20.8 Å². The molecule has 0 saturated carbocycles. The number of rotatable bonds is 5. The van der Waals surface area contributed by atoms with Crippen LogP contribution >= 0.6 is 0 Å². The van der Waals surface area contributed by atoms with Crippen LogP contribution in [0.15, 0.2) is 36.4 Å². The molecule has 0 fully saturated rings. The van der Waals surface area contributed by atoms with Gasteiger partial charge in [-0.3, -0.25) is 9.10 Å². The number of nitrogens with zero attached hydrogens (tertiary/aromatic N) is 1. The molecule has 0 bridgehead atoms. The number of anilines is 1. The zero-order valence-corrected chi connectivity index (χ0v) is 16.9. The van der Waals surface area contributed by atoms with Gasteiger partial charge in [0.1, 0.15) is 0 Å². The third kappa shape index (κ3) is 4.43. The van der Waals surface area contributed by atoms with E-state index in [4.69, 9.17) is 0 Å². The standard InChI is InChI=1S/C20H26N2O3S/c1-13-7-10-18(15(3)11-13)16(4)21-20(23)17-9-8-14(2)19(12-17)22(5)26(6,24)25/h7-12,16H,1-6H3,(H,21,23)/t16-/m1/s1. The highest BCUT2D eigenvalue weighted by Gasteiger charge is 2.18. The Balaban J connectivity index is 2.27. The fourth-order valence-corrected chi connectivity index (χ4v) is 3.49. The fraction of sp³-hybridized carbons (Fsp3) is 0.350. The van der Waals surface area contributed by atoms with E-state index in [1.54, 1.807) is 18.2 Å². The Kier molecular flexibility index (Phi) is 5.76. The van der Waals surface area contributed by atoms with Crippen molar-refractivity contribution in [2.45, 2.75) is 33.7 Å². The molecule has 1 N–H and O–H groups in total. The third-order valence-corrected chi connectivity index (χ3v) is 5.74. The Labute approximate surface area is 156 Å². The lowest BCUT2D eigenvalue weighted by Gasteiger charge is -2.21.